The van der Waals surface area contributed by atoms with Crippen molar-refractivity contribution in [1.82, 2.24) is 0 Å². The first-order chi connectivity index (χ1) is 30.2. The molecular formula is C56H63NO. The monoisotopic (exact) mass is 772 g/mol. The second-order valence-corrected chi connectivity index (χ2v) is 21.8. The first-order valence-electron chi connectivity index (χ1n) is 25.3. The van der Waals surface area contributed by atoms with Gasteiger partial charge < -0.3 is 9.64 Å². The van der Waals surface area contributed by atoms with E-state index < -0.39 is 21.7 Å². The summed E-state index contributed by atoms with van der Waals surface area (Å²) in [5.41, 5.74) is 7.05. The summed E-state index contributed by atoms with van der Waals surface area (Å²) >= 11 is 0. The van der Waals surface area contributed by atoms with Crippen molar-refractivity contribution in [2.75, 3.05) is 4.90 Å². The smallest absolute Gasteiger partial charge is 0.131 e. The van der Waals surface area contributed by atoms with Crippen molar-refractivity contribution in [3.8, 4) is 22.6 Å². The van der Waals surface area contributed by atoms with E-state index in [0.717, 1.165) is 82.4 Å². The molecule has 0 amide bonds. The van der Waals surface area contributed by atoms with E-state index in [1.165, 1.54) is 43.2 Å². The van der Waals surface area contributed by atoms with Crippen molar-refractivity contribution in [3.63, 3.8) is 0 Å². The van der Waals surface area contributed by atoms with Gasteiger partial charge in [0.05, 0.1) is 8.22 Å². The molecule has 0 aromatic heterocycles. The van der Waals surface area contributed by atoms with Gasteiger partial charge in [0.2, 0.25) is 0 Å². The molecule has 7 aliphatic rings. The molecule has 12 rings (SSSR count). The molecule has 4 fully saturated rings. The number of nitrogens with zero attached hydrogens (tertiary/aromatic N) is 1. The van der Waals surface area contributed by atoms with Crippen LogP contribution in [0, 0.1) is 23.7 Å². The molecule has 0 atom stereocenters. The third-order valence-corrected chi connectivity index (χ3v) is 16.4. The number of para-hydroxylation sites is 1. The molecule has 1 spiro atoms. The molecular weight excluding hydrogens is 703 g/mol. The summed E-state index contributed by atoms with van der Waals surface area (Å²) in [6, 6.07) is 24.0. The Balaban J connectivity index is 1.11. The van der Waals surface area contributed by atoms with E-state index in [2.05, 4.69) is 110 Å². The van der Waals surface area contributed by atoms with Crippen molar-refractivity contribution >= 4 is 17.1 Å². The number of anilines is 3. The van der Waals surface area contributed by atoms with Crippen LogP contribution in [-0.4, -0.2) is 0 Å². The minimum Gasteiger partial charge on any atom is -0.457 e. The fourth-order valence-corrected chi connectivity index (χ4v) is 13.1. The highest BCUT2D eigenvalue weighted by Gasteiger charge is 2.61. The van der Waals surface area contributed by atoms with Crippen LogP contribution in [0.3, 0.4) is 0 Å². The zero-order chi connectivity index (χ0) is 45.2. The second-order valence-electron chi connectivity index (χ2n) is 21.8. The first-order valence-corrected chi connectivity index (χ1v) is 22.3. The summed E-state index contributed by atoms with van der Waals surface area (Å²) in [6.07, 6.45) is 9.84. The molecule has 2 nitrogen and oxygen atoms in total. The van der Waals surface area contributed by atoms with Crippen LogP contribution in [0.1, 0.15) is 155 Å². The van der Waals surface area contributed by atoms with Crippen molar-refractivity contribution in [2.45, 2.75) is 140 Å². The van der Waals surface area contributed by atoms with Crippen LogP contribution in [0.15, 0.2) is 103 Å². The van der Waals surface area contributed by atoms with Gasteiger partial charge in [0.1, 0.15) is 11.5 Å². The predicted octanol–water partition coefficient (Wildman–Crippen LogP) is 15.4. The van der Waals surface area contributed by atoms with Crippen LogP contribution in [-0.2, 0) is 27.1 Å². The van der Waals surface area contributed by atoms with Crippen LogP contribution >= 0.6 is 0 Å². The lowest BCUT2D eigenvalue weighted by Gasteiger charge is -2.63. The van der Waals surface area contributed by atoms with Crippen LogP contribution in [0.5, 0.6) is 11.5 Å². The predicted molar refractivity (Wildman–Crippen MR) is 241 cm³/mol. The standard InChI is InChI=1S/C56H63NO/c1-52(2)23-25-54(5,6)47-33-42(18-20-44(47)52)57(43-19-21-45-48(34-43)55(7,8)26-24-53(45,3)4)41-16-13-37(14-17-41)38-15-22-51-49(32-38)56(46-11-9-10-12-50(46)58-51)39-28-35-27-36(30-39)31-40(56)29-35/h9-22,32-36,39-40H,23-31H2,1-8H3/i18D,19D,20D,21D,33D,34D. The van der Waals surface area contributed by atoms with Crippen LogP contribution < -0.4 is 9.64 Å². The van der Waals surface area contributed by atoms with Gasteiger partial charge in [-0.25, -0.2) is 0 Å². The Kier molecular flexibility index (Phi) is 6.55. The zero-order valence-electron chi connectivity index (χ0n) is 41.9. The maximum Gasteiger partial charge on any atom is 0.131 e. The van der Waals surface area contributed by atoms with Crippen LogP contribution in [0.4, 0.5) is 17.1 Å². The van der Waals surface area contributed by atoms with Gasteiger partial charge in [-0.1, -0.05) is 104 Å². The highest BCUT2D eigenvalue weighted by atomic mass is 16.5. The van der Waals surface area contributed by atoms with E-state index in [1.807, 2.05) is 12.1 Å². The first kappa shape index (κ1) is 30.7. The zero-order valence-corrected chi connectivity index (χ0v) is 35.9. The number of hydrogen-bond acceptors (Lipinski definition) is 2. The van der Waals surface area contributed by atoms with Gasteiger partial charge in [0.15, 0.2) is 0 Å². The molecule has 1 heterocycles. The second kappa shape index (κ2) is 12.4. The Labute approximate surface area is 356 Å². The normalized spacial score (nSPS) is 29.9. The molecule has 0 saturated heterocycles. The Morgan fingerprint density at radius 3 is 1.52 bits per heavy atom. The fourth-order valence-electron chi connectivity index (χ4n) is 13.1. The summed E-state index contributed by atoms with van der Waals surface area (Å²) in [5.74, 6) is 4.77. The minimum absolute atomic E-state index is 0.0834. The van der Waals surface area contributed by atoms with E-state index in [-0.39, 0.29) is 53.0 Å². The molecule has 0 N–H and O–H groups in total. The maximum atomic E-state index is 10.1. The Morgan fingerprint density at radius 2 is 0.966 bits per heavy atom. The summed E-state index contributed by atoms with van der Waals surface area (Å²) in [7, 11) is 0. The van der Waals surface area contributed by atoms with Crippen molar-refractivity contribution in [3.05, 3.63) is 136 Å². The SMILES string of the molecule is [2H]c1c([2H])c2c(c([2H])c1N(c1ccc(-c3ccc4c(c3)C3(c5ccccc5O4)C4CC5CC(C4)CC3C5)cc1)c1c([2H])c([2H])c3c(c1[2H])C(C)(C)CCC3(C)C)C(C)(C)CCC2(C)C. The maximum absolute atomic E-state index is 10.1. The van der Waals surface area contributed by atoms with Gasteiger partial charge in [-0.3, -0.25) is 0 Å². The summed E-state index contributed by atoms with van der Waals surface area (Å²) < 4.78 is 65.8. The molecule has 1 aliphatic heterocycles. The third-order valence-electron chi connectivity index (χ3n) is 16.4. The fraction of sp³-hybridized carbons (Fsp3) is 0.464. The number of benzene rings is 5. The van der Waals surface area contributed by atoms with Crippen LogP contribution in [0.2, 0.25) is 0 Å². The van der Waals surface area contributed by atoms with Crippen LogP contribution in [0.25, 0.3) is 11.1 Å². The van der Waals surface area contributed by atoms with Gasteiger partial charge in [0, 0.05) is 33.6 Å². The molecule has 4 saturated carbocycles. The number of fused-ring (bicyclic) bond motifs is 4. The highest BCUT2D eigenvalue weighted by molar-refractivity contribution is 5.80. The van der Waals surface area contributed by atoms with E-state index >= 15 is 0 Å². The van der Waals surface area contributed by atoms with Gasteiger partial charge >= 0.3 is 0 Å². The minimum atomic E-state index is -0.433. The summed E-state index contributed by atoms with van der Waals surface area (Å²) in [6.45, 7) is 17.0. The Bertz CT molecular complexity index is 2670. The molecule has 0 unspecified atom stereocenters. The molecule has 5 aromatic rings. The Hall–Kier alpha value is -4.30. The highest BCUT2D eigenvalue weighted by Crippen LogP contribution is 2.69. The summed E-state index contributed by atoms with van der Waals surface area (Å²) in [4.78, 5) is 1.74. The topological polar surface area (TPSA) is 12.5 Å². The number of hydrogen-bond donors (Lipinski definition) is 0. The molecule has 58 heavy (non-hydrogen) atoms. The van der Waals surface area contributed by atoms with E-state index in [9.17, 15) is 8.22 Å². The third kappa shape index (κ3) is 5.34. The lowest BCUT2D eigenvalue weighted by atomic mass is 9.41. The number of rotatable bonds is 4. The average molecular weight is 772 g/mol. The van der Waals surface area contributed by atoms with Crippen molar-refractivity contribution < 1.29 is 13.0 Å². The lowest BCUT2D eigenvalue weighted by molar-refractivity contribution is -0.0452. The van der Waals surface area contributed by atoms with E-state index in [4.69, 9.17) is 4.74 Å². The van der Waals surface area contributed by atoms with Gasteiger partial charge in [-0.05, 0) is 191 Å². The van der Waals surface area contributed by atoms with Crippen molar-refractivity contribution in [1.29, 1.82) is 0 Å². The van der Waals surface area contributed by atoms with E-state index in [1.54, 1.807) is 4.90 Å². The molecule has 0 radical (unpaired) electrons. The number of ether oxygens (including phenoxy) is 1. The van der Waals surface area contributed by atoms with Gasteiger partial charge in [-0.2, -0.15) is 0 Å². The largest absolute Gasteiger partial charge is 0.457 e. The lowest BCUT2D eigenvalue weighted by Crippen LogP contribution is -2.56. The Morgan fingerprint density at radius 1 is 0.483 bits per heavy atom. The molecule has 6 aliphatic carbocycles. The van der Waals surface area contributed by atoms with Gasteiger partial charge in [-0.15, -0.1) is 0 Å². The van der Waals surface area contributed by atoms with E-state index in [0.29, 0.717) is 17.5 Å². The average Bonchev–Trinajstić information content (AvgIpc) is 3.24. The van der Waals surface area contributed by atoms with Crippen molar-refractivity contribution in [2.24, 2.45) is 23.7 Å². The molecule has 2 heteroatoms. The molecule has 5 aromatic carbocycles. The summed E-state index contributed by atoms with van der Waals surface area (Å²) in [5, 5.41) is 0. The molecule has 298 valence electrons. The molecule has 4 bridgehead atoms. The van der Waals surface area contributed by atoms with Gasteiger partial charge in [0.25, 0.3) is 0 Å². The quantitative estimate of drug-likeness (QED) is 0.180.